The van der Waals surface area contributed by atoms with E-state index in [9.17, 15) is 24.0 Å². The summed E-state index contributed by atoms with van der Waals surface area (Å²) in [5, 5.41) is 8.49. The maximum absolute atomic E-state index is 13.5. The van der Waals surface area contributed by atoms with E-state index in [2.05, 4.69) is 16.0 Å². The lowest BCUT2D eigenvalue weighted by atomic mass is 9.90. The Hall–Kier alpha value is -3.63. The van der Waals surface area contributed by atoms with E-state index < -0.39 is 23.9 Å². The first-order valence-electron chi connectivity index (χ1n) is 15.7. The molecule has 3 heterocycles. The lowest BCUT2D eigenvalue weighted by molar-refractivity contribution is -0.138. The number of hydrogen-bond donors (Lipinski definition) is 3. The van der Waals surface area contributed by atoms with Gasteiger partial charge in [-0.05, 0) is 87.0 Å². The van der Waals surface area contributed by atoms with Crippen LogP contribution in [0, 0.1) is 18.8 Å². The molecule has 11 heteroatoms. The molecule has 2 unspecified atom stereocenters. The quantitative estimate of drug-likeness (QED) is 0.486. The largest absolute Gasteiger partial charge is 0.494 e. The van der Waals surface area contributed by atoms with Crippen LogP contribution >= 0.6 is 0 Å². The summed E-state index contributed by atoms with van der Waals surface area (Å²) in [6.07, 6.45) is 5.29. The summed E-state index contributed by atoms with van der Waals surface area (Å²) < 4.78 is 6.07. The van der Waals surface area contributed by atoms with Gasteiger partial charge in [-0.25, -0.2) is 0 Å². The van der Waals surface area contributed by atoms with Gasteiger partial charge in [-0.3, -0.25) is 24.0 Å². The van der Waals surface area contributed by atoms with Crippen molar-refractivity contribution in [3.8, 4) is 5.75 Å². The highest BCUT2D eigenvalue weighted by Gasteiger charge is 2.32. The van der Waals surface area contributed by atoms with Crippen molar-refractivity contribution in [3.63, 3.8) is 0 Å². The van der Waals surface area contributed by atoms with E-state index in [1.165, 1.54) is 6.92 Å². The highest BCUT2D eigenvalue weighted by atomic mass is 16.5. The number of carbonyl (C=O) groups excluding carboxylic acids is 5. The molecule has 1 aromatic carbocycles. The summed E-state index contributed by atoms with van der Waals surface area (Å²) in [4.78, 5) is 67.8. The van der Waals surface area contributed by atoms with Crippen molar-refractivity contribution in [1.82, 2.24) is 25.8 Å². The fraction of sp³-hybridized carbons (Fsp3) is 0.656. The molecular formula is C32H47N5O6. The van der Waals surface area contributed by atoms with Crippen molar-refractivity contribution < 1.29 is 28.7 Å². The Bertz CT molecular complexity index is 1180. The van der Waals surface area contributed by atoms with E-state index in [0.717, 1.165) is 49.0 Å². The highest BCUT2D eigenvalue weighted by molar-refractivity contribution is 5.94. The van der Waals surface area contributed by atoms with E-state index in [4.69, 9.17) is 4.74 Å². The Balaban J connectivity index is 1.54. The molecule has 3 aliphatic heterocycles. The molecule has 0 saturated carbocycles. The van der Waals surface area contributed by atoms with Gasteiger partial charge in [0.05, 0.1) is 13.0 Å². The summed E-state index contributed by atoms with van der Waals surface area (Å²) in [5.41, 5.74) is 1.95. The van der Waals surface area contributed by atoms with Crippen molar-refractivity contribution in [3.05, 3.63) is 29.3 Å². The molecule has 2 saturated heterocycles. The van der Waals surface area contributed by atoms with E-state index in [0.29, 0.717) is 57.5 Å². The topological polar surface area (TPSA) is 137 Å². The Kier molecular flexibility index (Phi) is 11.4. The van der Waals surface area contributed by atoms with Crippen LogP contribution in [-0.4, -0.2) is 84.2 Å². The molecule has 1 aromatic rings. The molecule has 4 rings (SSSR count). The molecule has 3 atom stereocenters. The lowest BCUT2D eigenvalue weighted by Gasteiger charge is -2.34. The molecule has 11 nitrogen and oxygen atoms in total. The smallest absolute Gasteiger partial charge is 0.243 e. The maximum Gasteiger partial charge on any atom is 0.243 e. The number of hydrogen-bond acceptors (Lipinski definition) is 6. The van der Waals surface area contributed by atoms with Gasteiger partial charge in [-0.15, -0.1) is 0 Å². The number of nitrogens with zero attached hydrogens (tertiary/aromatic N) is 2. The fourth-order valence-corrected chi connectivity index (χ4v) is 6.34. The predicted octanol–water partition coefficient (Wildman–Crippen LogP) is 2.05. The second-order valence-electron chi connectivity index (χ2n) is 12.3. The summed E-state index contributed by atoms with van der Waals surface area (Å²) in [6.45, 7) is 8.23. The van der Waals surface area contributed by atoms with E-state index in [1.54, 1.807) is 11.8 Å². The third kappa shape index (κ3) is 9.43. The number of carbonyl (C=O) groups is 5. The zero-order valence-corrected chi connectivity index (χ0v) is 25.8. The normalized spacial score (nSPS) is 24.6. The van der Waals surface area contributed by atoms with Crippen molar-refractivity contribution >= 4 is 29.5 Å². The van der Waals surface area contributed by atoms with Crippen LogP contribution in [0.4, 0.5) is 0 Å². The number of rotatable bonds is 4. The minimum absolute atomic E-state index is 0.0670. The SMILES string of the molecule is CC(=O)N[C@H]1CC(=O)N2CCCC(CCOc3ccc(C)c(c3)CNC(=O)C(CCC3CCN(C(C)=O)CC3)NC1=O)C2. The molecule has 4 bridgehead atoms. The van der Waals surface area contributed by atoms with Gasteiger partial charge >= 0.3 is 0 Å². The van der Waals surface area contributed by atoms with Crippen molar-refractivity contribution in [2.45, 2.75) is 90.8 Å². The second-order valence-corrected chi connectivity index (χ2v) is 12.3. The van der Waals surface area contributed by atoms with Crippen LogP contribution in [0.25, 0.3) is 0 Å². The number of piperidine rings is 2. The molecular weight excluding hydrogens is 550 g/mol. The van der Waals surface area contributed by atoms with Crippen molar-refractivity contribution in [1.29, 1.82) is 0 Å². The molecule has 0 spiro atoms. The van der Waals surface area contributed by atoms with E-state index in [1.807, 2.05) is 30.0 Å². The van der Waals surface area contributed by atoms with Gasteiger partial charge in [-0.1, -0.05) is 6.07 Å². The minimum Gasteiger partial charge on any atom is -0.494 e. The van der Waals surface area contributed by atoms with Gasteiger partial charge in [0.15, 0.2) is 0 Å². The standard InChI is InChI=1S/C32H47N5O6/c1-21-6-8-27-17-26(21)19-33-31(41)28(9-7-24-10-14-36(15-11-24)23(3)39)35-32(42)29(34-22(2)38)18-30(40)37-13-4-5-25(20-37)12-16-43-27/h6,8,17,24-25,28-29H,4-5,7,9-16,18-20H2,1-3H3,(H,33,41)(H,34,38)(H,35,42)/t25?,28?,29-/m0/s1. The Morgan fingerprint density at radius 2 is 1.77 bits per heavy atom. The summed E-state index contributed by atoms with van der Waals surface area (Å²) in [5.74, 6) is -0.0643. The van der Waals surface area contributed by atoms with Gasteiger partial charge in [0.1, 0.15) is 17.8 Å². The molecule has 236 valence electrons. The lowest BCUT2D eigenvalue weighted by Crippen LogP contribution is -2.55. The molecule has 5 amide bonds. The first-order chi connectivity index (χ1) is 20.6. The molecule has 3 aliphatic rings. The zero-order valence-electron chi connectivity index (χ0n) is 25.8. The molecule has 0 aliphatic carbocycles. The van der Waals surface area contributed by atoms with E-state index in [-0.39, 0.29) is 30.7 Å². The van der Waals surface area contributed by atoms with Crippen LogP contribution < -0.4 is 20.7 Å². The first-order valence-corrected chi connectivity index (χ1v) is 15.7. The van der Waals surface area contributed by atoms with Crippen LogP contribution in [0.15, 0.2) is 18.2 Å². The Morgan fingerprint density at radius 1 is 1.00 bits per heavy atom. The zero-order chi connectivity index (χ0) is 30.9. The first kappa shape index (κ1) is 32.3. The van der Waals surface area contributed by atoms with Gasteiger partial charge < -0.3 is 30.5 Å². The summed E-state index contributed by atoms with van der Waals surface area (Å²) in [6, 6.07) is 3.92. The molecule has 0 aromatic heterocycles. The minimum atomic E-state index is -1.08. The third-order valence-corrected chi connectivity index (χ3v) is 9.07. The Morgan fingerprint density at radius 3 is 2.49 bits per heavy atom. The number of aryl methyl sites for hydroxylation is 1. The van der Waals surface area contributed by atoms with Gasteiger partial charge in [0.25, 0.3) is 0 Å². The molecule has 43 heavy (non-hydrogen) atoms. The maximum atomic E-state index is 13.5. The summed E-state index contributed by atoms with van der Waals surface area (Å²) >= 11 is 0. The predicted molar refractivity (Wildman–Crippen MR) is 161 cm³/mol. The number of nitrogens with one attached hydrogen (secondary N) is 3. The van der Waals surface area contributed by atoms with Crippen LogP contribution in [0.3, 0.4) is 0 Å². The van der Waals surface area contributed by atoms with Crippen molar-refractivity contribution in [2.75, 3.05) is 32.8 Å². The molecule has 3 N–H and O–H groups in total. The monoisotopic (exact) mass is 597 g/mol. The third-order valence-electron chi connectivity index (χ3n) is 9.07. The average Bonchev–Trinajstić information content (AvgIpc) is 2.98. The van der Waals surface area contributed by atoms with Gasteiger partial charge in [0, 0.05) is 46.6 Å². The van der Waals surface area contributed by atoms with Crippen LogP contribution in [-0.2, 0) is 30.5 Å². The summed E-state index contributed by atoms with van der Waals surface area (Å²) in [7, 11) is 0. The average molecular weight is 598 g/mol. The van der Waals surface area contributed by atoms with Crippen LogP contribution in [0.2, 0.25) is 0 Å². The van der Waals surface area contributed by atoms with Crippen LogP contribution in [0.1, 0.15) is 76.3 Å². The Labute approximate surface area is 254 Å². The molecule has 2 fully saturated rings. The number of ether oxygens (including phenoxy) is 1. The van der Waals surface area contributed by atoms with E-state index >= 15 is 0 Å². The number of amides is 5. The van der Waals surface area contributed by atoms with Gasteiger partial charge in [0.2, 0.25) is 29.5 Å². The van der Waals surface area contributed by atoms with Crippen molar-refractivity contribution in [2.24, 2.45) is 11.8 Å². The number of fused-ring (bicyclic) bond motifs is 4. The molecule has 0 radical (unpaired) electrons. The second kappa shape index (κ2) is 15.2. The number of benzene rings is 1. The highest BCUT2D eigenvalue weighted by Crippen LogP contribution is 2.25. The van der Waals surface area contributed by atoms with Crippen LogP contribution in [0.5, 0.6) is 5.75 Å². The van der Waals surface area contributed by atoms with Gasteiger partial charge in [-0.2, -0.15) is 0 Å². The fourth-order valence-electron chi connectivity index (χ4n) is 6.34. The number of likely N-dealkylation sites (tertiary alicyclic amines) is 1.